The number of carbonyl (C=O) groups excluding carboxylic acids is 1. The van der Waals surface area contributed by atoms with E-state index >= 15 is 0 Å². The Morgan fingerprint density at radius 2 is 1.61 bits per heavy atom. The summed E-state index contributed by atoms with van der Waals surface area (Å²) in [5.41, 5.74) is 1.55. The van der Waals surface area contributed by atoms with E-state index in [4.69, 9.17) is 9.47 Å². The number of carbonyl (C=O) groups is 1. The molecule has 4 N–H and O–H groups in total. The van der Waals surface area contributed by atoms with Crippen LogP contribution in [0, 0.1) is 0 Å². The van der Waals surface area contributed by atoms with Crippen LogP contribution in [-0.2, 0) is 17.6 Å². The summed E-state index contributed by atoms with van der Waals surface area (Å²) in [6.07, 6.45) is 0.801. The summed E-state index contributed by atoms with van der Waals surface area (Å²) in [6, 6.07) is 7.94. The molecule has 152 valence electrons. The monoisotopic (exact) mass is 390 g/mol. The highest BCUT2D eigenvalue weighted by molar-refractivity contribution is 5.79. The number of aromatic hydroxyl groups is 3. The number of aliphatic hydroxyl groups is 1. The standard InChI is InChI=1S/C21H26O7/c1-27-19-10-13(5-8-17(19)24)3-6-15(22)12-16(23)7-4-14-9-18(25)21(26)20(11-14)28-2/h5,8-11,15,22,24-26H,3-4,6-7,12H2,1-2H3/t15-/m0/s1. The molecule has 2 aromatic carbocycles. The molecule has 0 aromatic heterocycles. The Morgan fingerprint density at radius 3 is 2.29 bits per heavy atom. The zero-order valence-corrected chi connectivity index (χ0v) is 16.0. The topological polar surface area (TPSA) is 116 Å². The molecule has 0 aliphatic rings. The summed E-state index contributed by atoms with van der Waals surface area (Å²) < 4.78 is 10.0. The van der Waals surface area contributed by atoms with Gasteiger partial charge in [-0.1, -0.05) is 6.07 Å². The summed E-state index contributed by atoms with van der Waals surface area (Å²) in [5, 5.41) is 39.0. The number of rotatable bonds is 10. The molecule has 0 saturated carbocycles. The van der Waals surface area contributed by atoms with Crippen molar-refractivity contribution in [3.8, 4) is 28.7 Å². The van der Waals surface area contributed by atoms with Gasteiger partial charge in [0, 0.05) is 12.8 Å². The fourth-order valence-corrected chi connectivity index (χ4v) is 2.91. The number of phenols is 3. The van der Waals surface area contributed by atoms with Crippen molar-refractivity contribution < 1.29 is 34.7 Å². The zero-order valence-electron chi connectivity index (χ0n) is 16.0. The van der Waals surface area contributed by atoms with E-state index in [-0.39, 0.29) is 41.6 Å². The van der Waals surface area contributed by atoms with Gasteiger partial charge in [-0.05, 0) is 54.7 Å². The third-order valence-electron chi connectivity index (χ3n) is 4.50. The van der Waals surface area contributed by atoms with E-state index in [9.17, 15) is 25.2 Å². The van der Waals surface area contributed by atoms with Crippen molar-refractivity contribution >= 4 is 5.78 Å². The number of benzene rings is 2. The van der Waals surface area contributed by atoms with Crippen LogP contribution in [0.5, 0.6) is 28.7 Å². The number of Topliss-reactive ketones (excluding diaryl/α,β-unsaturated/α-hetero) is 1. The number of aryl methyl sites for hydroxylation is 2. The third kappa shape index (κ3) is 5.79. The molecule has 0 saturated heterocycles. The second kappa shape index (κ2) is 9.85. The van der Waals surface area contributed by atoms with Crippen LogP contribution in [0.15, 0.2) is 30.3 Å². The van der Waals surface area contributed by atoms with E-state index in [0.717, 1.165) is 5.56 Å². The number of hydrogen-bond acceptors (Lipinski definition) is 7. The summed E-state index contributed by atoms with van der Waals surface area (Å²) in [4.78, 5) is 12.1. The van der Waals surface area contributed by atoms with Gasteiger partial charge in [-0.15, -0.1) is 0 Å². The molecule has 0 radical (unpaired) electrons. The number of phenolic OH excluding ortho intramolecular Hbond substituents is 3. The molecule has 0 aliphatic carbocycles. The van der Waals surface area contributed by atoms with Gasteiger partial charge in [0.15, 0.2) is 23.0 Å². The maximum Gasteiger partial charge on any atom is 0.200 e. The minimum Gasteiger partial charge on any atom is -0.504 e. The van der Waals surface area contributed by atoms with E-state index in [1.54, 1.807) is 18.2 Å². The minimum atomic E-state index is -0.768. The fraction of sp³-hybridized carbons (Fsp3) is 0.381. The molecule has 0 bridgehead atoms. The molecule has 0 unspecified atom stereocenters. The molecule has 0 aliphatic heterocycles. The Kier molecular flexibility index (Phi) is 7.52. The molecule has 0 heterocycles. The van der Waals surface area contributed by atoms with Crippen molar-refractivity contribution in [1.29, 1.82) is 0 Å². The van der Waals surface area contributed by atoms with Gasteiger partial charge < -0.3 is 29.9 Å². The lowest BCUT2D eigenvalue weighted by Gasteiger charge is -2.12. The zero-order chi connectivity index (χ0) is 20.7. The second-order valence-electron chi connectivity index (χ2n) is 6.61. The first kappa shape index (κ1) is 21.4. The van der Waals surface area contributed by atoms with Crippen molar-refractivity contribution in [3.63, 3.8) is 0 Å². The van der Waals surface area contributed by atoms with E-state index in [1.165, 1.54) is 26.4 Å². The van der Waals surface area contributed by atoms with Crippen LogP contribution in [-0.4, -0.2) is 46.5 Å². The molecular weight excluding hydrogens is 364 g/mol. The van der Waals surface area contributed by atoms with Crippen LogP contribution >= 0.6 is 0 Å². The maximum atomic E-state index is 12.1. The molecule has 28 heavy (non-hydrogen) atoms. The second-order valence-corrected chi connectivity index (χ2v) is 6.61. The number of ketones is 1. The van der Waals surface area contributed by atoms with E-state index < -0.39 is 6.10 Å². The van der Waals surface area contributed by atoms with E-state index in [2.05, 4.69) is 0 Å². The normalized spacial score (nSPS) is 11.8. The first-order valence-corrected chi connectivity index (χ1v) is 8.98. The van der Waals surface area contributed by atoms with Crippen LogP contribution in [0.4, 0.5) is 0 Å². The Balaban J connectivity index is 1.82. The Bertz CT molecular complexity index is 817. The van der Waals surface area contributed by atoms with Crippen molar-refractivity contribution in [3.05, 3.63) is 41.5 Å². The molecule has 0 amide bonds. The highest BCUT2D eigenvalue weighted by atomic mass is 16.5. The highest BCUT2D eigenvalue weighted by Gasteiger charge is 2.14. The quantitative estimate of drug-likeness (QED) is 0.461. The van der Waals surface area contributed by atoms with Crippen LogP contribution in [0.1, 0.15) is 30.4 Å². The molecule has 0 spiro atoms. The predicted molar refractivity (Wildman–Crippen MR) is 103 cm³/mol. The lowest BCUT2D eigenvalue weighted by Crippen LogP contribution is -2.15. The summed E-state index contributed by atoms with van der Waals surface area (Å²) >= 11 is 0. The van der Waals surface area contributed by atoms with E-state index in [1.807, 2.05) is 0 Å². The number of aliphatic hydroxyl groups excluding tert-OH is 1. The molecule has 7 nitrogen and oxygen atoms in total. The van der Waals surface area contributed by atoms with Gasteiger partial charge in [0.2, 0.25) is 5.75 Å². The third-order valence-corrected chi connectivity index (χ3v) is 4.50. The number of ether oxygens (including phenoxy) is 2. The molecule has 0 fully saturated rings. The molecule has 7 heteroatoms. The molecule has 2 aromatic rings. The average Bonchev–Trinajstić information content (AvgIpc) is 2.68. The van der Waals surface area contributed by atoms with Crippen molar-refractivity contribution in [1.82, 2.24) is 0 Å². The number of methoxy groups -OCH3 is 2. The van der Waals surface area contributed by atoms with Crippen molar-refractivity contribution in [2.75, 3.05) is 14.2 Å². The van der Waals surface area contributed by atoms with Crippen LogP contribution < -0.4 is 9.47 Å². The van der Waals surface area contributed by atoms with Gasteiger partial charge in [0.25, 0.3) is 0 Å². The summed E-state index contributed by atoms with van der Waals surface area (Å²) in [6.45, 7) is 0. The largest absolute Gasteiger partial charge is 0.504 e. The minimum absolute atomic E-state index is 0.0381. The average molecular weight is 390 g/mol. The maximum absolute atomic E-state index is 12.1. The van der Waals surface area contributed by atoms with Gasteiger partial charge in [-0.2, -0.15) is 0 Å². The van der Waals surface area contributed by atoms with Gasteiger partial charge in [-0.25, -0.2) is 0 Å². The summed E-state index contributed by atoms with van der Waals surface area (Å²) in [7, 11) is 2.85. The van der Waals surface area contributed by atoms with Gasteiger partial charge in [0.05, 0.1) is 20.3 Å². The van der Waals surface area contributed by atoms with Crippen LogP contribution in [0.25, 0.3) is 0 Å². The van der Waals surface area contributed by atoms with Gasteiger partial charge in [0.1, 0.15) is 5.78 Å². The Hall–Kier alpha value is -2.93. The highest BCUT2D eigenvalue weighted by Crippen LogP contribution is 2.36. The molecule has 2 rings (SSSR count). The fourth-order valence-electron chi connectivity index (χ4n) is 2.91. The molecule has 1 atom stereocenters. The SMILES string of the molecule is COc1cc(CC[C@H](O)CC(=O)CCc2cc(O)c(O)c(OC)c2)ccc1O. The molecular formula is C21H26O7. The lowest BCUT2D eigenvalue weighted by molar-refractivity contribution is -0.121. The van der Waals surface area contributed by atoms with Crippen molar-refractivity contribution in [2.24, 2.45) is 0 Å². The lowest BCUT2D eigenvalue weighted by atomic mass is 9.99. The Labute approximate surface area is 163 Å². The van der Waals surface area contributed by atoms with Gasteiger partial charge in [-0.3, -0.25) is 4.79 Å². The van der Waals surface area contributed by atoms with E-state index in [0.29, 0.717) is 30.6 Å². The first-order chi connectivity index (χ1) is 13.3. The van der Waals surface area contributed by atoms with Crippen LogP contribution in [0.3, 0.4) is 0 Å². The van der Waals surface area contributed by atoms with Gasteiger partial charge >= 0.3 is 0 Å². The number of hydrogen-bond donors (Lipinski definition) is 4. The smallest absolute Gasteiger partial charge is 0.200 e. The predicted octanol–water partition coefficient (Wildman–Crippen LogP) is 2.71. The van der Waals surface area contributed by atoms with Crippen LogP contribution in [0.2, 0.25) is 0 Å². The summed E-state index contributed by atoms with van der Waals surface area (Å²) in [5.74, 6) is -0.159. The Morgan fingerprint density at radius 1 is 0.929 bits per heavy atom. The van der Waals surface area contributed by atoms with Crippen molar-refractivity contribution in [2.45, 2.75) is 38.2 Å². The first-order valence-electron chi connectivity index (χ1n) is 8.98.